The lowest BCUT2D eigenvalue weighted by molar-refractivity contribution is -0.137. The quantitative estimate of drug-likeness (QED) is 0.833. The first-order valence-corrected chi connectivity index (χ1v) is 8.56. The van der Waals surface area contributed by atoms with Gasteiger partial charge in [-0.2, -0.15) is 5.10 Å². The number of nitrogens with zero attached hydrogens (tertiary/aromatic N) is 4. The maximum absolute atomic E-state index is 13.0. The molecule has 0 saturated carbocycles. The molecule has 7 heteroatoms. The molecule has 0 fully saturated rings. The number of pyridine rings is 1. The van der Waals surface area contributed by atoms with Gasteiger partial charge in [0.25, 0.3) is 5.91 Å². The van der Waals surface area contributed by atoms with Gasteiger partial charge in [0.15, 0.2) is 5.65 Å². The number of hydrogen-bond donors (Lipinski definition) is 1. The molecule has 2 aromatic heterocycles. The summed E-state index contributed by atoms with van der Waals surface area (Å²) in [6.07, 6.45) is 1.64. The average Bonchev–Trinajstić information content (AvgIpc) is 2.92. The van der Waals surface area contributed by atoms with Crippen LogP contribution in [0.3, 0.4) is 0 Å². The molecule has 0 aliphatic heterocycles. The highest BCUT2D eigenvalue weighted by Crippen LogP contribution is 2.21. The Morgan fingerprint density at radius 2 is 1.96 bits per heavy atom. The van der Waals surface area contributed by atoms with E-state index in [1.54, 1.807) is 24.1 Å². The van der Waals surface area contributed by atoms with Crippen LogP contribution in [-0.4, -0.2) is 49.7 Å². The molecule has 25 heavy (non-hydrogen) atoms. The van der Waals surface area contributed by atoms with Crippen molar-refractivity contribution in [2.75, 3.05) is 13.1 Å². The minimum atomic E-state index is -0.912. The molecule has 0 saturated heterocycles. The fourth-order valence-corrected chi connectivity index (χ4v) is 2.78. The minimum absolute atomic E-state index is 0.0710. The van der Waals surface area contributed by atoms with E-state index >= 15 is 0 Å². The van der Waals surface area contributed by atoms with Crippen molar-refractivity contribution in [2.45, 2.75) is 47.1 Å². The molecule has 136 valence electrons. The second kappa shape index (κ2) is 7.63. The number of hydrogen-bond acceptors (Lipinski definition) is 4. The molecule has 7 nitrogen and oxygen atoms in total. The number of carboxylic acids is 1. The van der Waals surface area contributed by atoms with Gasteiger partial charge in [-0.1, -0.05) is 13.8 Å². The maximum Gasteiger partial charge on any atom is 0.305 e. The van der Waals surface area contributed by atoms with Gasteiger partial charge < -0.3 is 10.0 Å². The first kappa shape index (κ1) is 18.9. The number of aliphatic carboxylic acids is 1. The number of carbonyl (C=O) groups excluding carboxylic acids is 1. The molecule has 2 aromatic rings. The fraction of sp³-hybridized carbons (Fsp3) is 0.556. The van der Waals surface area contributed by atoms with Crippen LogP contribution in [0.25, 0.3) is 11.0 Å². The standard InChI is InChI=1S/C18H26N4O3/c1-11(2)10-21(7-6-16(23)24)18(25)15-8-14-9-19-22(12(3)4)17(14)20-13(15)5/h8-9,11-12H,6-7,10H2,1-5H3,(H,23,24). The summed E-state index contributed by atoms with van der Waals surface area (Å²) in [5, 5.41) is 14.1. The van der Waals surface area contributed by atoms with Crippen molar-refractivity contribution in [3.8, 4) is 0 Å². The number of aromatic nitrogens is 3. The molecule has 0 aliphatic carbocycles. The van der Waals surface area contributed by atoms with Crippen molar-refractivity contribution in [1.29, 1.82) is 0 Å². The number of rotatable bonds is 7. The van der Waals surface area contributed by atoms with Crippen LogP contribution in [0.5, 0.6) is 0 Å². The fourth-order valence-electron chi connectivity index (χ4n) is 2.78. The van der Waals surface area contributed by atoms with Crippen LogP contribution in [0.15, 0.2) is 12.3 Å². The molecular formula is C18H26N4O3. The van der Waals surface area contributed by atoms with Gasteiger partial charge in [-0.25, -0.2) is 9.67 Å². The monoisotopic (exact) mass is 346 g/mol. The third kappa shape index (κ3) is 4.35. The number of carboxylic acid groups (broad SMARTS) is 1. The Labute approximate surface area is 147 Å². The molecular weight excluding hydrogens is 320 g/mol. The zero-order valence-corrected chi connectivity index (χ0v) is 15.5. The minimum Gasteiger partial charge on any atom is -0.481 e. The van der Waals surface area contributed by atoms with Crippen molar-refractivity contribution in [3.05, 3.63) is 23.5 Å². The summed E-state index contributed by atoms with van der Waals surface area (Å²) in [5.41, 5.74) is 1.89. The SMILES string of the molecule is Cc1nc2c(cnn2C(C)C)cc1C(=O)N(CCC(=O)O)CC(C)C. The van der Waals surface area contributed by atoms with E-state index in [4.69, 9.17) is 5.11 Å². The predicted molar refractivity (Wildman–Crippen MR) is 95.6 cm³/mol. The van der Waals surface area contributed by atoms with Crippen molar-refractivity contribution >= 4 is 22.9 Å². The molecule has 2 rings (SSSR count). The molecule has 1 amide bonds. The third-order valence-corrected chi connectivity index (χ3v) is 3.95. The van der Waals surface area contributed by atoms with E-state index in [1.165, 1.54) is 0 Å². The third-order valence-electron chi connectivity index (χ3n) is 3.95. The van der Waals surface area contributed by atoms with E-state index in [-0.39, 0.29) is 30.8 Å². The lowest BCUT2D eigenvalue weighted by Gasteiger charge is -2.24. The number of fused-ring (bicyclic) bond motifs is 1. The summed E-state index contributed by atoms with van der Waals surface area (Å²) < 4.78 is 1.83. The summed E-state index contributed by atoms with van der Waals surface area (Å²) >= 11 is 0. The van der Waals surface area contributed by atoms with E-state index < -0.39 is 5.97 Å². The average molecular weight is 346 g/mol. The van der Waals surface area contributed by atoms with Gasteiger partial charge in [0.05, 0.1) is 23.9 Å². The van der Waals surface area contributed by atoms with Crippen molar-refractivity contribution in [3.63, 3.8) is 0 Å². The van der Waals surface area contributed by atoms with Gasteiger partial charge >= 0.3 is 5.97 Å². The highest BCUT2D eigenvalue weighted by atomic mass is 16.4. The molecule has 0 bridgehead atoms. The summed E-state index contributed by atoms with van der Waals surface area (Å²) in [6, 6.07) is 1.99. The Hall–Kier alpha value is -2.44. The van der Waals surface area contributed by atoms with Crippen molar-refractivity contribution in [1.82, 2.24) is 19.7 Å². The van der Waals surface area contributed by atoms with Gasteiger partial charge in [-0.05, 0) is 32.8 Å². The van der Waals surface area contributed by atoms with E-state index in [2.05, 4.69) is 10.1 Å². The van der Waals surface area contributed by atoms with Crippen molar-refractivity contribution in [2.24, 2.45) is 5.92 Å². The van der Waals surface area contributed by atoms with E-state index in [0.717, 1.165) is 11.0 Å². The van der Waals surface area contributed by atoms with Crippen molar-refractivity contribution < 1.29 is 14.7 Å². The van der Waals surface area contributed by atoms with Gasteiger partial charge in [-0.3, -0.25) is 9.59 Å². The zero-order valence-electron chi connectivity index (χ0n) is 15.5. The Morgan fingerprint density at radius 3 is 2.52 bits per heavy atom. The summed E-state index contributed by atoms with van der Waals surface area (Å²) in [6.45, 7) is 10.6. The zero-order chi connectivity index (χ0) is 18.7. The Balaban J connectivity index is 2.38. The van der Waals surface area contributed by atoms with Crippen LogP contribution < -0.4 is 0 Å². The lowest BCUT2D eigenvalue weighted by atomic mass is 10.1. The van der Waals surface area contributed by atoms with Crippen LogP contribution in [0.4, 0.5) is 0 Å². The van der Waals surface area contributed by atoms with Gasteiger partial charge in [0.2, 0.25) is 0 Å². The first-order chi connectivity index (χ1) is 11.7. The van der Waals surface area contributed by atoms with E-state index in [1.807, 2.05) is 32.4 Å². The Morgan fingerprint density at radius 1 is 1.28 bits per heavy atom. The van der Waals surface area contributed by atoms with Crippen LogP contribution in [0, 0.1) is 12.8 Å². The number of amides is 1. The Bertz CT molecular complexity index is 780. The highest BCUT2D eigenvalue weighted by molar-refractivity contribution is 5.98. The summed E-state index contributed by atoms with van der Waals surface area (Å²) in [4.78, 5) is 30.0. The molecule has 0 atom stereocenters. The molecule has 0 unspecified atom stereocenters. The maximum atomic E-state index is 13.0. The molecule has 1 N–H and O–H groups in total. The van der Waals surface area contributed by atoms with E-state index in [9.17, 15) is 9.59 Å². The van der Waals surface area contributed by atoms with Crippen LogP contribution >= 0.6 is 0 Å². The summed E-state index contributed by atoms with van der Waals surface area (Å²) in [7, 11) is 0. The second-order valence-corrected chi connectivity index (χ2v) is 7.01. The molecule has 2 heterocycles. The first-order valence-electron chi connectivity index (χ1n) is 8.56. The topological polar surface area (TPSA) is 88.3 Å². The van der Waals surface area contributed by atoms with Crippen LogP contribution in [0.1, 0.15) is 56.2 Å². The van der Waals surface area contributed by atoms with Gasteiger partial charge in [0.1, 0.15) is 0 Å². The largest absolute Gasteiger partial charge is 0.481 e. The second-order valence-electron chi connectivity index (χ2n) is 7.01. The molecule has 0 aliphatic rings. The highest BCUT2D eigenvalue weighted by Gasteiger charge is 2.22. The van der Waals surface area contributed by atoms with Crippen LogP contribution in [0.2, 0.25) is 0 Å². The smallest absolute Gasteiger partial charge is 0.305 e. The Kier molecular flexibility index (Phi) is 5.77. The van der Waals surface area contributed by atoms with E-state index in [0.29, 0.717) is 17.8 Å². The normalized spacial score (nSPS) is 11.5. The van der Waals surface area contributed by atoms with Crippen LogP contribution in [-0.2, 0) is 4.79 Å². The predicted octanol–water partition coefficient (Wildman–Crippen LogP) is 2.89. The van der Waals surface area contributed by atoms with Gasteiger partial charge in [-0.15, -0.1) is 0 Å². The lowest BCUT2D eigenvalue weighted by Crippen LogP contribution is -2.36. The molecule has 0 aromatic carbocycles. The van der Waals surface area contributed by atoms with Gasteiger partial charge in [0, 0.05) is 24.5 Å². The molecule has 0 spiro atoms. The number of carbonyl (C=O) groups is 2. The number of aryl methyl sites for hydroxylation is 1. The summed E-state index contributed by atoms with van der Waals surface area (Å²) in [5.74, 6) is -0.845. The molecule has 0 radical (unpaired) electrons.